The third-order valence-electron chi connectivity index (χ3n) is 3.91. The SMILES string of the molecule is O=C(Nc1c(F)cccc1F)C1CC(=O)N(c2cc(Cl)ccc2Cl)C1. The Bertz CT molecular complexity index is 840. The van der Waals surface area contributed by atoms with Crippen molar-refractivity contribution in [2.75, 3.05) is 16.8 Å². The maximum atomic E-state index is 13.6. The van der Waals surface area contributed by atoms with Crippen LogP contribution in [0.5, 0.6) is 0 Å². The lowest BCUT2D eigenvalue weighted by atomic mass is 10.1. The Labute approximate surface area is 152 Å². The van der Waals surface area contributed by atoms with Gasteiger partial charge in [-0.3, -0.25) is 9.59 Å². The summed E-state index contributed by atoms with van der Waals surface area (Å²) in [5.41, 5.74) is -0.134. The maximum Gasteiger partial charge on any atom is 0.229 e. The largest absolute Gasteiger partial charge is 0.321 e. The lowest BCUT2D eigenvalue weighted by Gasteiger charge is -2.18. The number of hydrogen-bond acceptors (Lipinski definition) is 2. The molecule has 1 fully saturated rings. The molecule has 0 aliphatic carbocycles. The molecule has 1 aliphatic heterocycles. The summed E-state index contributed by atoms with van der Waals surface area (Å²) < 4.78 is 27.3. The molecule has 1 unspecified atom stereocenters. The number of para-hydroxylation sites is 1. The molecule has 4 nitrogen and oxygen atoms in total. The van der Waals surface area contributed by atoms with Gasteiger partial charge in [0.2, 0.25) is 11.8 Å². The van der Waals surface area contributed by atoms with Gasteiger partial charge in [-0.05, 0) is 30.3 Å². The molecule has 0 bridgehead atoms. The van der Waals surface area contributed by atoms with Gasteiger partial charge in [-0.2, -0.15) is 0 Å². The van der Waals surface area contributed by atoms with E-state index in [0.29, 0.717) is 15.7 Å². The summed E-state index contributed by atoms with van der Waals surface area (Å²) in [5.74, 6) is -3.49. The normalized spacial score (nSPS) is 17.0. The molecule has 0 aromatic heterocycles. The van der Waals surface area contributed by atoms with Crippen LogP contribution >= 0.6 is 23.2 Å². The van der Waals surface area contributed by atoms with E-state index in [0.717, 1.165) is 12.1 Å². The van der Waals surface area contributed by atoms with E-state index in [9.17, 15) is 18.4 Å². The monoisotopic (exact) mass is 384 g/mol. The van der Waals surface area contributed by atoms with Crippen LogP contribution in [0.1, 0.15) is 6.42 Å². The van der Waals surface area contributed by atoms with Gasteiger partial charge >= 0.3 is 0 Å². The number of anilines is 2. The summed E-state index contributed by atoms with van der Waals surface area (Å²) in [4.78, 5) is 25.9. The van der Waals surface area contributed by atoms with Gasteiger partial charge in [-0.1, -0.05) is 29.3 Å². The van der Waals surface area contributed by atoms with Crippen molar-refractivity contribution in [1.82, 2.24) is 0 Å². The minimum atomic E-state index is -0.882. The average Bonchev–Trinajstić information content (AvgIpc) is 2.95. The number of nitrogens with zero attached hydrogens (tertiary/aromatic N) is 1. The van der Waals surface area contributed by atoms with Crippen molar-refractivity contribution in [3.05, 3.63) is 58.1 Å². The molecule has 130 valence electrons. The number of nitrogens with one attached hydrogen (secondary N) is 1. The van der Waals surface area contributed by atoms with Gasteiger partial charge in [-0.25, -0.2) is 8.78 Å². The van der Waals surface area contributed by atoms with Crippen molar-refractivity contribution >= 4 is 46.4 Å². The third kappa shape index (κ3) is 3.60. The number of carbonyl (C=O) groups excluding carboxylic acids is 2. The van der Waals surface area contributed by atoms with E-state index in [1.165, 1.54) is 17.0 Å². The highest BCUT2D eigenvalue weighted by Crippen LogP contribution is 2.34. The molecule has 8 heteroatoms. The number of halogens is 4. The Morgan fingerprint density at radius 2 is 1.84 bits per heavy atom. The van der Waals surface area contributed by atoms with Crippen molar-refractivity contribution in [3.8, 4) is 0 Å². The summed E-state index contributed by atoms with van der Waals surface area (Å²) >= 11 is 12.0. The molecular weight excluding hydrogens is 373 g/mol. The Balaban J connectivity index is 1.78. The van der Waals surface area contributed by atoms with Crippen LogP contribution in [0.3, 0.4) is 0 Å². The van der Waals surface area contributed by atoms with Crippen LogP contribution in [0.25, 0.3) is 0 Å². The van der Waals surface area contributed by atoms with Crippen LogP contribution in [-0.4, -0.2) is 18.4 Å². The van der Waals surface area contributed by atoms with Crippen molar-refractivity contribution in [3.63, 3.8) is 0 Å². The first kappa shape index (κ1) is 17.6. The predicted molar refractivity (Wildman–Crippen MR) is 91.9 cm³/mol. The van der Waals surface area contributed by atoms with Crippen LogP contribution in [0, 0.1) is 17.6 Å². The number of amides is 2. The van der Waals surface area contributed by atoms with Crippen LogP contribution in [0.15, 0.2) is 36.4 Å². The molecule has 25 heavy (non-hydrogen) atoms. The van der Waals surface area contributed by atoms with Gasteiger partial charge in [0.1, 0.15) is 17.3 Å². The zero-order chi connectivity index (χ0) is 18.1. The van der Waals surface area contributed by atoms with Gasteiger partial charge in [-0.15, -0.1) is 0 Å². The van der Waals surface area contributed by atoms with E-state index in [2.05, 4.69) is 5.32 Å². The molecule has 1 saturated heterocycles. The minimum absolute atomic E-state index is 0.0425. The quantitative estimate of drug-likeness (QED) is 0.858. The maximum absolute atomic E-state index is 13.6. The molecule has 0 spiro atoms. The topological polar surface area (TPSA) is 49.4 Å². The Morgan fingerprint density at radius 1 is 1.16 bits per heavy atom. The highest BCUT2D eigenvalue weighted by Gasteiger charge is 2.36. The zero-order valence-electron chi connectivity index (χ0n) is 12.7. The van der Waals surface area contributed by atoms with Crippen molar-refractivity contribution in [1.29, 1.82) is 0 Å². The van der Waals surface area contributed by atoms with E-state index in [1.54, 1.807) is 12.1 Å². The smallest absolute Gasteiger partial charge is 0.229 e. The summed E-state index contributed by atoms with van der Waals surface area (Å²) in [6.07, 6.45) is -0.0925. The zero-order valence-corrected chi connectivity index (χ0v) is 14.2. The highest BCUT2D eigenvalue weighted by molar-refractivity contribution is 6.36. The first-order valence-corrected chi connectivity index (χ1v) is 8.12. The van der Waals surface area contributed by atoms with E-state index < -0.39 is 29.1 Å². The van der Waals surface area contributed by atoms with E-state index in [-0.39, 0.29) is 18.9 Å². The van der Waals surface area contributed by atoms with Gasteiger partial charge < -0.3 is 10.2 Å². The molecule has 2 amide bonds. The van der Waals surface area contributed by atoms with Crippen molar-refractivity contribution in [2.24, 2.45) is 5.92 Å². The van der Waals surface area contributed by atoms with Crippen LogP contribution in [0.4, 0.5) is 20.2 Å². The van der Waals surface area contributed by atoms with Crippen molar-refractivity contribution < 1.29 is 18.4 Å². The first-order valence-electron chi connectivity index (χ1n) is 7.37. The van der Waals surface area contributed by atoms with E-state index >= 15 is 0 Å². The average molecular weight is 385 g/mol. The number of carbonyl (C=O) groups is 2. The third-order valence-corrected chi connectivity index (χ3v) is 4.46. The molecule has 0 saturated carbocycles. The Kier molecular flexibility index (Phi) is 4.92. The predicted octanol–water partition coefficient (Wildman–Crippen LogP) is 4.26. The molecule has 1 atom stereocenters. The summed E-state index contributed by atoms with van der Waals surface area (Å²) in [5, 5.41) is 2.93. The molecule has 0 radical (unpaired) electrons. The van der Waals surface area contributed by atoms with Gasteiger partial charge in [0.05, 0.1) is 16.6 Å². The standard InChI is InChI=1S/C17H12Cl2F2N2O2/c18-10-4-5-11(19)14(7-10)23-8-9(6-15(23)24)17(25)22-16-12(20)2-1-3-13(16)21/h1-5,7,9H,6,8H2,(H,22,25). The molecule has 1 N–H and O–H groups in total. The molecule has 2 aromatic rings. The number of rotatable bonds is 3. The second-order valence-corrected chi connectivity index (χ2v) is 6.43. The molecule has 1 aliphatic rings. The lowest BCUT2D eigenvalue weighted by Crippen LogP contribution is -2.28. The molecular formula is C17H12Cl2F2N2O2. The second-order valence-electron chi connectivity index (χ2n) is 5.59. The molecule has 1 heterocycles. The van der Waals surface area contributed by atoms with Crippen LogP contribution < -0.4 is 10.2 Å². The van der Waals surface area contributed by atoms with E-state index in [1.807, 2.05) is 0 Å². The first-order chi connectivity index (χ1) is 11.9. The fraction of sp³-hybridized carbons (Fsp3) is 0.176. The lowest BCUT2D eigenvalue weighted by molar-refractivity contribution is -0.122. The fourth-order valence-electron chi connectivity index (χ4n) is 2.65. The minimum Gasteiger partial charge on any atom is -0.321 e. The van der Waals surface area contributed by atoms with E-state index in [4.69, 9.17) is 23.2 Å². The van der Waals surface area contributed by atoms with Gasteiger partial charge in [0.15, 0.2) is 0 Å². The van der Waals surface area contributed by atoms with Crippen LogP contribution in [-0.2, 0) is 9.59 Å². The van der Waals surface area contributed by atoms with Crippen LogP contribution in [0.2, 0.25) is 10.0 Å². The Morgan fingerprint density at radius 3 is 2.52 bits per heavy atom. The summed E-state index contributed by atoms with van der Waals surface area (Å²) in [6.45, 7) is 0.0425. The summed E-state index contributed by atoms with van der Waals surface area (Å²) in [6, 6.07) is 7.93. The fourth-order valence-corrected chi connectivity index (χ4v) is 3.04. The Hall–Kier alpha value is -2.18. The number of hydrogen-bond donors (Lipinski definition) is 1. The molecule has 3 rings (SSSR count). The second kappa shape index (κ2) is 6.98. The van der Waals surface area contributed by atoms with Crippen molar-refractivity contribution in [2.45, 2.75) is 6.42 Å². The highest BCUT2D eigenvalue weighted by atomic mass is 35.5. The van der Waals surface area contributed by atoms with Gasteiger partial charge in [0, 0.05) is 18.0 Å². The summed E-state index contributed by atoms with van der Waals surface area (Å²) in [7, 11) is 0. The number of benzene rings is 2. The molecule has 2 aromatic carbocycles. The van der Waals surface area contributed by atoms with Gasteiger partial charge in [0.25, 0.3) is 0 Å².